The van der Waals surface area contributed by atoms with E-state index in [1.165, 1.54) is 0 Å². The normalized spacial score (nSPS) is 16.5. The lowest BCUT2D eigenvalue weighted by Gasteiger charge is -2.37. The number of benzene rings is 1. The lowest BCUT2D eigenvalue weighted by Crippen LogP contribution is -2.48. The van der Waals surface area contributed by atoms with Gasteiger partial charge in [0.1, 0.15) is 17.4 Å². The van der Waals surface area contributed by atoms with Crippen LogP contribution in [-0.4, -0.2) is 68.3 Å². The Bertz CT molecular complexity index is 1110. The van der Waals surface area contributed by atoms with E-state index < -0.39 is 12.0 Å². The lowest BCUT2D eigenvalue weighted by molar-refractivity contribution is -0.144. The maximum absolute atomic E-state index is 12.3. The number of fused-ring (bicyclic) bond motifs is 1. The molecule has 2 aromatic heterocycles. The molecule has 1 amide bonds. The molecule has 1 aliphatic heterocycles. The highest BCUT2D eigenvalue weighted by atomic mass is 16.6. The molecule has 1 atom stereocenters. The smallest absolute Gasteiger partial charge is 0.325 e. The third-order valence-electron chi connectivity index (χ3n) is 5.93. The predicted molar refractivity (Wildman–Crippen MR) is 118 cm³/mol. The molecular weight excluding hydrogens is 412 g/mol. The van der Waals surface area contributed by atoms with Crippen LogP contribution in [0.5, 0.6) is 0 Å². The number of hydrogen-bond acceptors (Lipinski definition) is 7. The number of carbonyl (C=O) groups excluding carboxylic acids is 1. The molecule has 0 saturated carbocycles. The number of nitrogens with zero attached hydrogens (tertiary/aromatic N) is 4. The van der Waals surface area contributed by atoms with Gasteiger partial charge in [-0.3, -0.25) is 19.4 Å². The number of anilines is 1. The van der Waals surface area contributed by atoms with Crippen LogP contribution in [-0.2, 0) is 16.1 Å². The summed E-state index contributed by atoms with van der Waals surface area (Å²) in [5.74, 6) is -1.12. The number of hydrogen-bond donors (Lipinski definition) is 3. The van der Waals surface area contributed by atoms with Crippen molar-refractivity contribution in [2.24, 2.45) is 5.92 Å². The van der Waals surface area contributed by atoms with Gasteiger partial charge in [-0.25, -0.2) is 4.63 Å². The maximum atomic E-state index is 12.3. The quantitative estimate of drug-likeness (QED) is 0.511. The molecule has 10 nitrogen and oxygen atoms in total. The number of aliphatic carboxylic acids is 1. The molecular formula is C22H28N6O4. The zero-order valence-corrected chi connectivity index (χ0v) is 18.5. The van der Waals surface area contributed by atoms with Crippen molar-refractivity contribution in [2.45, 2.75) is 33.4 Å². The number of aromatic nitrogens is 3. The minimum absolute atomic E-state index is 0.0788. The van der Waals surface area contributed by atoms with E-state index in [1.54, 1.807) is 6.20 Å². The van der Waals surface area contributed by atoms with Gasteiger partial charge in [-0.1, -0.05) is 24.2 Å². The Balaban J connectivity index is 1.52. The number of aryl methyl sites for hydroxylation is 1. The van der Waals surface area contributed by atoms with Crippen LogP contribution in [0.25, 0.3) is 10.9 Å². The fraction of sp³-hybridized carbons (Fsp3) is 0.455. The zero-order valence-electron chi connectivity index (χ0n) is 18.5. The Morgan fingerprint density at radius 3 is 2.59 bits per heavy atom. The Labute approximate surface area is 185 Å². The molecule has 3 N–H and O–H groups in total. The average Bonchev–Trinajstić information content (AvgIpc) is 3.35. The van der Waals surface area contributed by atoms with Crippen LogP contribution in [0.4, 0.5) is 5.69 Å². The van der Waals surface area contributed by atoms with Crippen molar-refractivity contribution in [2.75, 3.05) is 31.5 Å². The monoisotopic (exact) mass is 440 g/mol. The lowest BCUT2D eigenvalue weighted by atomic mass is 10.0. The van der Waals surface area contributed by atoms with E-state index in [1.807, 2.05) is 43.9 Å². The highest BCUT2D eigenvalue weighted by Crippen LogP contribution is 2.31. The van der Waals surface area contributed by atoms with E-state index >= 15 is 0 Å². The SMILES string of the molecule is Cc1nonc1CN1CCN(C(C(=O)O)c2c[nH]c3ccc(NC(=O)C(C)C)cc23)CC1. The number of carboxylic acid groups (broad SMARTS) is 1. The van der Waals surface area contributed by atoms with Gasteiger partial charge >= 0.3 is 5.97 Å². The van der Waals surface area contributed by atoms with E-state index in [2.05, 4.69) is 25.5 Å². The zero-order chi connectivity index (χ0) is 22.8. The highest BCUT2D eigenvalue weighted by molar-refractivity contribution is 5.96. The second-order valence-corrected chi connectivity index (χ2v) is 8.50. The molecule has 1 aliphatic rings. The van der Waals surface area contributed by atoms with Crippen LogP contribution < -0.4 is 5.32 Å². The molecule has 3 aromatic rings. The first-order valence-corrected chi connectivity index (χ1v) is 10.7. The summed E-state index contributed by atoms with van der Waals surface area (Å²) < 4.78 is 4.77. The Morgan fingerprint density at radius 2 is 1.97 bits per heavy atom. The van der Waals surface area contributed by atoms with Crippen LogP contribution in [0, 0.1) is 12.8 Å². The van der Waals surface area contributed by atoms with Gasteiger partial charge in [0.2, 0.25) is 5.91 Å². The third-order valence-corrected chi connectivity index (χ3v) is 5.93. The highest BCUT2D eigenvalue weighted by Gasteiger charge is 2.32. The number of carboxylic acids is 1. The number of piperazine rings is 1. The minimum atomic E-state index is -0.896. The first kappa shape index (κ1) is 22.0. The molecule has 0 bridgehead atoms. The number of amides is 1. The van der Waals surface area contributed by atoms with Gasteiger partial charge in [-0.15, -0.1) is 0 Å². The number of aromatic amines is 1. The second-order valence-electron chi connectivity index (χ2n) is 8.50. The molecule has 3 heterocycles. The van der Waals surface area contributed by atoms with Gasteiger partial charge in [-0.2, -0.15) is 0 Å². The molecule has 1 aromatic carbocycles. The van der Waals surface area contributed by atoms with Gasteiger partial charge in [0, 0.05) is 67.0 Å². The molecule has 1 unspecified atom stereocenters. The Hall–Kier alpha value is -3.24. The van der Waals surface area contributed by atoms with E-state index in [4.69, 9.17) is 4.63 Å². The summed E-state index contributed by atoms with van der Waals surface area (Å²) in [6, 6.07) is 4.74. The van der Waals surface area contributed by atoms with Gasteiger partial charge in [0.25, 0.3) is 0 Å². The number of nitrogens with one attached hydrogen (secondary N) is 2. The molecule has 0 spiro atoms. The summed E-state index contributed by atoms with van der Waals surface area (Å²) in [5, 5.41) is 21.5. The first-order valence-electron chi connectivity index (χ1n) is 10.7. The topological polar surface area (TPSA) is 128 Å². The first-order chi connectivity index (χ1) is 15.3. The summed E-state index contributed by atoms with van der Waals surface area (Å²) >= 11 is 0. The van der Waals surface area contributed by atoms with Crippen molar-refractivity contribution in [3.8, 4) is 0 Å². The molecule has 0 radical (unpaired) electrons. The van der Waals surface area contributed by atoms with Crippen molar-refractivity contribution in [3.63, 3.8) is 0 Å². The van der Waals surface area contributed by atoms with Crippen LogP contribution in [0.3, 0.4) is 0 Å². The molecule has 0 aliphatic carbocycles. The summed E-state index contributed by atoms with van der Waals surface area (Å²) in [6.45, 7) is 8.80. The molecule has 4 rings (SSSR count). The van der Waals surface area contributed by atoms with E-state index in [0.717, 1.165) is 22.3 Å². The number of rotatable bonds is 7. The van der Waals surface area contributed by atoms with E-state index in [0.29, 0.717) is 44.0 Å². The van der Waals surface area contributed by atoms with Crippen molar-refractivity contribution >= 4 is 28.5 Å². The van der Waals surface area contributed by atoms with E-state index in [9.17, 15) is 14.7 Å². The summed E-state index contributed by atoms with van der Waals surface area (Å²) in [5.41, 5.74) is 3.76. The third kappa shape index (κ3) is 4.51. The average molecular weight is 441 g/mol. The standard InChI is InChI=1S/C22H28N6O4/c1-13(2)21(29)24-15-4-5-18-16(10-15)17(11-23-18)20(22(30)31)28-8-6-27(7-9-28)12-19-14(3)25-32-26-19/h4-5,10-11,13,20,23H,6-9,12H2,1-3H3,(H,24,29)(H,30,31). The molecule has 10 heteroatoms. The Kier molecular flexibility index (Phi) is 6.24. The van der Waals surface area contributed by atoms with Crippen LogP contribution >= 0.6 is 0 Å². The summed E-state index contributed by atoms with van der Waals surface area (Å²) in [6.07, 6.45) is 1.76. The Morgan fingerprint density at radius 1 is 1.22 bits per heavy atom. The van der Waals surface area contributed by atoms with Gasteiger partial charge < -0.3 is 15.4 Å². The fourth-order valence-electron chi connectivity index (χ4n) is 4.00. The summed E-state index contributed by atoms with van der Waals surface area (Å²) in [4.78, 5) is 31.8. The van der Waals surface area contributed by atoms with Gasteiger partial charge in [-0.05, 0) is 25.1 Å². The molecule has 1 saturated heterocycles. The van der Waals surface area contributed by atoms with Gasteiger partial charge in [0.15, 0.2) is 0 Å². The second kappa shape index (κ2) is 9.09. The maximum Gasteiger partial charge on any atom is 0.325 e. The van der Waals surface area contributed by atoms with Crippen molar-refractivity contribution in [3.05, 3.63) is 41.3 Å². The van der Waals surface area contributed by atoms with Crippen LogP contribution in [0.1, 0.15) is 36.8 Å². The molecule has 1 fully saturated rings. The number of H-pyrrole nitrogens is 1. The van der Waals surface area contributed by atoms with Crippen molar-refractivity contribution in [1.82, 2.24) is 25.1 Å². The number of carbonyl (C=O) groups is 2. The van der Waals surface area contributed by atoms with Gasteiger partial charge in [0.05, 0.1) is 0 Å². The van der Waals surface area contributed by atoms with Crippen molar-refractivity contribution < 1.29 is 19.3 Å². The predicted octanol–water partition coefficient (Wildman–Crippen LogP) is 2.40. The van der Waals surface area contributed by atoms with E-state index in [-0.39, 0.29) is 11.8 Å². The summed E-state index contributed by atoms with van der Waals surface area (Å²) in [7, 11) is 0. The van der Waals surface area contributed by atoms with Crippen LogP contribution in [0.15, 0.2) is 29.0 Å². The fourth-order valence-corrected chi connectivity index (χ4v) is 4.00. The van der Waals surface area contributed by atoms with Crippen LogP contribution in [0.2, 0.25) is 0 Å². The minimum Gasteiger partial charge on any atom is -0.480 e. The molecule has 32 heavy (non-hydrogen) atoms. The molecule has 170 valence electrons. The van der Waals surface area contributed by atoms with Crippen molar-refractivity contribution in [1.29, 1.82) is 0 Å². The largest absolute Gasteiger partial charge is 0.480 e.